The summed E-state index contributed by atoms with van der Waals surface area (Å²) in [5, 5.41) is 11.5. The van der Waals surface area contributed by atoms with E-state index in [1.165, 1.54) is 0 Å². The Labute approximate surface area is 111 Å². The first kappa shape index (κ1) is 13.0. The number of rotatable bonds is 5. The van der Waals surface area contributed by atoms with Gasteiger partial charge in [0.1, 0.15) is 0 Å². The van der Waals surface area contributed by atoms with Crippen LogP contribution in [0.5, 0.6) is 0 Å². The van der Waals surface area contributed by atoms with Crippen LogP contribution >= 0.6 is 12.2 Å². The zero-order valence-electron chi connectivity index (χ0n) is 10.8. The molecule has 0 aliphatic rings. The van der Waals surface area contributed by atoms with Crippen molar-refractivity contribution in [2.45, 2.75) is 19.9 Å². The summed E-state index contributed by atoms with van der Waals surface area (Å²) in [5.74, 6) is 0.821. The van der Waals surface area contributed by atoms with E-state index in [-0.39, 0.29) is 0 Å². The summed E-state index contributed by atoms with van der Waals surface area (Å²) in [5.41, 5.74) is 2.04. The van der Waals surface area contributed by atoms with E-state index >= 15 is 0 Å². The minimum atomic E-state index is 0.600. The van der Waals surface area contributed by atoms with E-state index in [4.69, 9.17) is 17.0 Å². The summed E-state index contributed by atoms with van der Waals surface area (Å²) in [4.78, 5) is 0. The minimum absolute atomic E-state index is 0.600. The summed E-state index contributed by atoms with van der Waals surface area (Å²) >= 11 is 5.23. The molecule has 2 rings (SSSR count). The zero-order valence-corrected chi connectivity index (χ0v) is 11.6. The van der Waals surface area contributed by atoms with Gasteiger partial charge in [0.2, 0.25) is 0 Å². The summed E-state index contributed by atoms with van der Waals surface area (Å²) < 4.78 is 9.44. The third kappa shape index (κ3) is 2.37. The first-order valence-electron chi connectivity index (χ1n) is 5.84. The highest BCUT2D eigenvalue weighted by Gasteiger charge is 2.15. The van der Waals surface area contributed by atoms with E-state index in [1.807, 2.05) is 17.8 Å². The normalized spacial score (nSPS) is 11.1. The van der Waals surface area contributed by atoms with Crippen molar-refractivity contribution in [3.05, 3.63) is 16.7 Å². The lowest BCUT2D eigenvalue weighted by Gasteiger charge is -2.05. The van der Waals surface area contributed by atoms with Crippen LogP contribution in [0.1, 0.15) is 12.6 Å². The fraction of sp³-hybridized carbons (Fsp3) is 0.545. The van der Waals surface area contributed by atoms with Gasteiger partial charge in [-0.3, -0.25) is 14.3 Å². The first-order chi connectivity index (χ1) is 8.67. The molecule has 6 nitrogen and oxygen atoms in total. The third-order valence-electron chi connectivity index (χ3n) is 2.76. The van der Waals surface area contributed by atoms with Crippen molar-refractivity contribution in [3.8, 4) is 11.4 Å². The van der Waals surface area contributed by atoms with E-state index in [2.05, 4.69) is 22.2 Å². The lowest BCUT2D eigenvalue weighted by Crippen LogP contribution is -2.06. The topological polar surface area (TPSA) is 60.7 Å². The second-order valence-electron chi connectivity index (χ2n) is 4.01. The molecule has 1 N–H and O–H groups in total. The molecule has 18 heavy (non-hydrogen) atoms. The molecule has 0 saturated heterocycles. The van der Waals surface area contributed by atoms with Gasteiger partial charge in [0.05, 0.1) is 24.4 Å². The SMILES string of the molecule is CCc1nn(C)cc1-c1n[nH]c(=S)n1CCOC. The number of aromatic nitrogens is 5. The molecule has 2 aromatic heterocycles. The minimum Gasteiger partial charge on any atom is -0.383 e. The first-order valence-corrected chi connectivity index (χ1v) is 6.25. The van der Waals surface area contributed by atoms with Gasteiger partial charge in [-0.05, 0) is 18.6 Å². The molecule has 0 amide bonds. The fourth-order valence-electron chi connectivity index (χ4n) is 1.90. The van der Waals surface area contributed by atoms with Crippen LogP contribution < -0.4 is 0 Å². The van der Waals surface area contributed by atoms with Gasteiger partial charge in [-0.1, -0.05) is 6.92 Å². The predicted molar refractivity (Wildman–Crippen MR) is 70.9 cm³/mol. The number of methoxy groups -OCH3 is 1. The van der Waals surface area contributed by atoms with Crippen LogP contribution in [-0.2, 0) is 24.8 Å². The molecule has 98 valence electrons. The Morgan fingerprint density at radius 2 is 2.28 bits per heavy atom. The summed E-state index contributed by atoms with van der Waals surface area (Å²) in [7, 11) is 3.58. The molecule has 0 aromatic carbocycles. The highest BCUT2D eigenvalue weighted by Crippen LogP contribution is 2.21. The highest BCUT2D eigenvalue weighted by molar-refractivity contribution is 7.71. The number of aromatic amines is 1. The maximum atomic E-state index is 5.23. The molecule has 2 aromatic rings. The Morgan fingerprint density at radius 3 is 2.94 bits per heavy atom. The van der Waals surface area contributed by atoms with Crippen molar-refractivity contribution in [3.63, 3.8) is 0 Å². The monoisotopic (exact) mass is 267 g/mol. The van der Waals surface area contributed by atoms with Crippen molar-refractivity contribution in [1.29, 1.82) is 0 Å². The molecular formula is C11H17N5OS. The Morgan fingerprint density at radius 1 is 1.50 bits per heavy atom. The van der Waals surface area contributed by atoms with Crippen LogP contribution in [0.2, 0.25) is 0 Å². The summed E-state index contributed by atoms with van der Waals surface area (Å²) in [6, 6.07) is 0. The lowest BCUT2D eigenvalue weighted by molar-refractivity contribution is 0.187. The van der Waals surface area contributed by atoms with Gasteiger partial charge >= 0.3 is 0 Å². The van der Waals surface area contributed by atoms with E-state index in [1.54, 1.807) is 11.8 Å². The molecule has 0 aliphatic heterocycles. The molecule has 0 saturated carbocycles. The van der Waals surface area contributed by atoms with Crippen LogP contribution in [0.25, 0.3) is 11.4 Å². The molecule has 7 heteroatoms. The Hall–Kier alpha value is -1.47. The van der Waals surface area contributed by atoms with Gasteiger partial charge in [0.15, 0.2) is 10.6 Å². The summed E-state index contributed by atoms with van der Waals surface area (Å²) in [6.07, 6.45) is 2.83. The lowest BCUT2D eigenvalue weighted by atomic mass is 10.2. The number of hydrogen-bond acceptors (Lipinski definition) is 4. The average Bonchev–Trinajstić information content (AvgIpc) is 2.90. The second-order valence-corrected chi connectivity index (χ2v) is 4.40. The highest BCUT2D eigenvalue weighted by atomic mass is 32.1. The van der Waals surface area contributed by atoms with Crippen LogP contribution in [0.3, 0.4) is 0 Å². The Kier molecular flexibility index (Phi) is 3.93. The molecule has 0 radical (unpaired) electrons. The molecule has 0 unspecified atom stereocenters. The number of aryl methyl sites for hydroxylation is 2. The van der Waals surface area contributed by atoms with Crippen LogP contribution in [0.15, 0.2) is 6.20 Å². The van der Waals surface area contributed by atoms with E-state index < -0.39 is 0 Å². The third-order valence-corrected chi connectivity index (χ3v) is 3.07. The molecule has 0 fully saturated rings. The molecule has 0 aliphatic carbocycles. The number of nitrogens with one attached hydrogen (secondary N) is 1. The van der Waals surface area contributed by atoms with E-state index in [0.717, 1.165) is 23.5 Å². The Balaban J connectivity index is 2.46. The van der Waals surface area contributed by atoms with Crippen molar-refractivity contribution in [1.82, 2.24) is 24.5 Å². The smallest absolute Gasteiger partial charge is 0.195 e. The van der Waals surface area contributed by atoms with Gasteiger partial charge < -0.3 is 4.74 Å². The maximum Gasteiger partial charge on any atom is 0.195 e. The molecule has 2 heterocycles. The van der Waals surface area contributed by atoms with Crippen molar-refractivity contribution in [2.75, 3.05) is 13.7 Å². The largest absolute Gasteiger partial charge is 0.383 e. The second kappa shape index (κ2) is 5.45. The predicted octanol–water partition coefficient (Wildman–Crippen LogP) is 1.55. The molecule has 0 atom stereocenters. The van der Waals surface area contributed by atoms with Gasteiger partial charge in [-0.2, -0.15) is 10.2 Å². The fourth-order valence-corrected chi connectivity index (χ4v) is 2.12. The number of nitrogens with zero attached hydrogens (tertiary/aromatic N) is 4. The quantitative estimate of drug-likeness (QED) is 0.835. The standard InChI is InChI=1S/C11H17N5OS/c1-4-9-8(7-15(2)14-9)10-12-13-11(18)16(10)5-6-17-3/h7H,4-6H2,1-3H3,(H,13,18). The van der Waals surface area contributed by atoms with Crippen LogP contribution in [0.4, 0.5) is 0 Å². The van der Waals surface area contributed by atoms with Crippen molar-refractivity contribution < 1.29 is 4.74 Å². The van der Waals surface area contributed by atoms with Crippen LogP contribution in [-0.4, -0.2) is 38.3 Å². The van der Waals surface area contributed by atoms with Gasteiger partial charge in [-0.15, -0.1) is 0 Å². The summed E-state index contributed by atoms with van der Waals surface area (Å²) in [6.45, 7) is 3.36. The number of H-pyrrole nitrogens is 1. The molecule has 0 spiro atoms. The Bertz CT molecular complexity index is 583. The van der Waals surface area contributed by atoms with Gasteiger partial charge in [-0.25, -0.2) is 0 Å². The average molecular weight is 267 g/mol. The van der Waals surface area contributed by atoms with Crippen LogP contribution in [0, 0.1) is 4.77 Å². The van der Waals surface area contributed by atoms with E-state index in [0.29, 0.717) is 17.9 Å². The number of ether oxygens (including phenoxy) is 1. The van der Waals surface area contributed by atoms with Crippen molar-refractivity contribution >= 4 is 12.2 Å². The van der Waals surface area contributed by atoms with E-state index in [9.17, 15) is 0 Å². The van der Waals surface area contributed by atoms with Gasteiger partial charge in [0.25, 0.3) is 0 Å². The zero-order chi connectivity index (χ0) is 13.1. The molecular weight excluding hydrogens is 250 g/mol. The number of hydrogen-bond donors (Lipinski definition) is 1. The molecule has 0 bridgehead atoms. The maximum absolute atomic E-state index is 5.23. The van der Waals surface area contributed by atoms with Gasteiger partial charge in [0, 0.05) is 20.4 Å². The van der Waals surface area contributed by atoms with Crippen molar-refractivity contribution in [2.24, 2.45) is 7.05 Å².